The molecule has 7 heteroatoms. The van der Waals surface area contributed by atoms with Gasteiger partial charge in [0.1, 0.15) is 18.1 Å². The minimum absolute atomic E-state index is 0.321. The largest absolute Gasteiger partial charge is 0.487 e. The SMILES string of the molecule is Cc1ccc(Nc2nccc(Oc3ccccc3)n2)cc1OCC(F)F. The summed E-state index contributed by atoms with van der Waals surface area (Å²) >= 11 is 0. The molecule has 0 saturated heterocycles. The molecule has 3 rings (SSSR count). The van der Waals surface area contributed by atoms with E-state index in [0.717, 1.165) is 5.56 Å². The van der Waals surface area contributed by atoms with Crippen molar-refractivity contribution in [3.8, 4) is 17.4 Å². The van der Waals surface area contributed by atoms with Gasteiger partial charge in [-0.25, -0.2) is 13.8 Å². The number of aromatic nitrogens is 2. The van der Waals surface area contributed by atoms with E-state index in [4.69, 9.17) is 9.47 Å². The molecule has 134 valence electrons. The van der Waals surface area contributed by atoms with Gasteiger partial charge in [-0.15, -0.1) is 0 Å². The summed E-state index contributed by atoms with van der Waals surface area (Å²) in [7, 11) is 0. The molecule has 1 N–H and O–H groups in total. The van der Waals surface area contributed by atoms with Crippen LogP contribution in [0.15, 0.2) is 60.8 Å². The second kappa shape index (κ2) is 8.24. The Morgan fingerprint density at radius 1 is 1.08 bits per heavy atom. The van der Waals surface area contributed by atoms with Crippen molar-refractivity contribution >= 4 is 11.6 Å². The highest BCUT2D eigenvalue weighted by atomic mass is 19.3. The number of hydrogen-bond donors (Lipinski definition) is 1. The Balaban J connectivity index is 1.72. The van der Waals surface area contributed by atoms with Crippen molar-refractivity contribution in [3.63, 3.8) is 0 Å². The quantitative estimate of drug-likeness (QED) is 0.647. The van der Waals surface area contributed by atoms with Crippen molar-refractivity contribution < 1.29 is 18.3 Å². The molecule has 0 bridgehead atoms. The van der Waals surface area contributed by atoms with E-state index in [1.165, 1.54) is 0 Å². The highest BCUT2D eigenvalue weighted by molar-refractivity contribution is 5.58. The number of hydrogen-bond acceptors (Lipinski definition) is 5. The van der Waals surface area contributed by atoms with Crippen LogP contribution >= 0.6 is 0 Å². The molecular weight excluding hydrogens is 340 g/mol. The van der Waals surface area contributed by atoms with Gasteiger partial charge in [0.25, 0.3) is 6.43 Å². The Labute approximate surface area is 149 Å². The minimum atomic E-state index is -2.53. The van der Waals surface area contributed by atoms with Crippen LogP contribution < -0.4 is 14.8 Å². The van der Waals surface area contributed by atoms with Crippen molar-refractivity contribution in [3.05, 3.63) is 66.4 Å². The van der Waals surface area contributed by atoms with Crippen LogP contribution in [0, 0.1) is 6.92 Å². The van der Waals surface area contributed by atoms with Gasteiger partial charge >= 0.3 is 0 Å². The Morgan fingerprint density at radius 3 is 2.65 bits per heavy atom. The van der Waals surface area contributed by atoms with E-state index in [1.54, 1.807) is 37.4 Å². The first-order valence-electron chi connectivity index (χ1n) is 7.95. The Hall–Kier alpha value is -3.22. The van der Waals surface area contributed by atoms with E-state index in [-0.39, 0.29) is 0 Å². The van der Waals surface area contributed by atoms with Gasteiger partial charge in [0.15, 0.2) is 0 Å². The van der Waals surface area contributed by atoms with Crippen molar-refractivity contribution in [1.29, 1.82) is 0 Å². The van der Waals surface area contributed by atoms with Crippen molar-refractivity contribution in [2.24, 2.45) is 0 Å². The number of nitrogens with one attached hydrogen (secondary N) is 1. The number of halogens is 2. The molecule has 2 aromatic carbocycles. The van der Waals surface area contributed by atoms with Crippen molar-refractivity contribution in [1.82, 2.24) is 9.97 Å². The Morgan fingerprint density at radius 2 is 1.88 bits per heavy atom. The molecule has 5 nitrogen and oxygen atoms in total. The standard InChI is InChI=1S/C19H17F2N3O2/c1-13-7-8-14(11-16(13)25-12-17(20)21)23-19-22-10-9-18(24-19)26-15-5-3-2-4-6-15/h2-11,17H,12H2,1H3,(H,22,23,24). The fourth-order valence-corrected chi connectivity index (χ4v) is 2.18. The van der Waals surface area contributed by atoms with Crippen LogP contribution in [0.3, 0.4) is 0 Å². The lowest BCUT2D eigenvalue weighted by molar-refractivity contribution is 0.0816. The van der Waals surface area contributed by atoms with Crippen LogP contribution in [0.5, 0.6) is 17.4 Å². The number of rotatable bonds is 7. The maximum atomic E-state index is 12.3. The minimum Gasteiger partial charge on any atom is -0.487 e. The van der Waals surface area contributed by atoms with Crippen LogP contribution in [-0.2, 0) is 0 Å². The number of nitrogens with zero attached hydrogens (tertiary/aromatic N) is 2. The van der Waals surface area contributed by atoms with Crippen LogP contribution in [0.1, 0.15) is 5.56 Å². The van der Waals surface area contributed by atoms with Crippen molar-refractivity contribution in [2.45, 2.75) is 13.3 Å². The first kappa shape index (κ1) is 17.6. The molecule has 0 radical (unpaired) electrons. The number of anilines is 2. The van der Waals surface area contributed by atoms with Gasteiger partial charge in [0.05, 0.1) is 0 Å². The normalized spacial score (nSPS) is 10.6. The zero-order valence-corrected chi connectivity index (χ0v) is 14.0. The van der Waals surface area contributed by atoms with Crippen LogP contribution in [-0.4, -0.2) is 23.0 Å². The molecule has 0 aliphatic carbocycles. The molecule has 0 atom stereocenters. The van der Waals surface area contributed by atoms with E-state index in [9.17, 15) is 8.78 Å². The monoisotopic (exact) mass is 357 g/mol. The fourth-order valence-electron chi connectivity index (χ4n) is 2.18. The zero-order valence-electron chi connectivity index (χ0n) is 14.0. The summed E-state index contributed by atoms with van der Waals surface area (Å²) in [4.78, 5) is 8.42. The maximum absolute atomic E-state index is 12.3. The molecular formula is C19H17F2N3O2. The molecule has 0 aliphatic rings. The third-order valence-corrected chi connectivity index (χ3v) is 3.40. The average Bonchev–Trinajstić information content (AvgIpc) is 2.63. The number of para-hydroxylation sites is 1. The number of alkyl halides is 2. The summed E-state index contributed by atoms with van der Waals surface area (Å²) in [6, 6.07) is 16.1. The molecule has 0 amide bonds. The predicted molar refractivity (Wildman–Crippen MR) is 94.5 cm³/mol. The average molecular weight is 357 g/mol. The molecule has 3 aromatic rings. The Kier molecular flexibility index (Phi) is 5.58. The van der Waals surface area contributed by atoms with Gasteiger partial charge in [-0.3, -0.25) is 0 Å². The number of aryl methyl sites for hydroxylation is 1. The summed E-state index contributed by atoms with van der Waals surface area (Å²) in [6.45, 7) is 1.14. The maximum Gasteiger partial charge on any atom is 0.272 e. The van der Waals surface area contributed by atoms with E-state index < -0.39 is 13.0 Å². The molecule has 26 heavy (non-hydrogen) atoms. The summed E-state index contributed by atoms with van der Waals surface area (Å²) in [5.41, 5.74) is 1.38. The summed E-state index contributed by atoms with van der Waals surface area (Å²) in [6.07, 6.45) is -0.961. The van der Waals surface area contributed by atoms with Gasteiger partial charge < -0.3 is 14.8 Å². The van der Waals surface area contributed by atoms with Crippen LogP contribution in [0.4, 0.5) is 20.4 Å². The lowest BCUT2D eigenvalue weighted by Gasteiger charge is -2.12. The molecule has 0 unspecified atom stereocenters. The molecule has 0 saturated carbocycles. The second-order valence-electron chi connectivity index (χ2n) is 5.44. The van der Waals surface area contributed by atoms with E-state index in [2.05, 4.69) is 15.3 Å². The molecule has 0 aliphatic heterocycles. The first-order valence-corrected chi connectivity index (χ1v) is 7.95. The topological polar surface area (TPSA) is 56.3 Å². The summed E-state index contributed by atoms with van der Waals surface area (Å²) < 4.78 is 35.5. The summed E-state index contributed by atoms with van der Waals surface area (Å²) in [5, 5.41) is 3.02. The fraction of sp³-hybridized carbons (Fsp3) is 0.158. The van der Waals surface area contributed by atoms with Gasteiger partial charge in [-0.2, -0.15) is 4.98 Å². The zero-order chi connectivity index (χ0) is 18.4. The van der Waals surface area contributed by atoms with Crippen LogP contribution in [0.2, 0.25) is 0 Å². The third kappa shape index (κ3) is 4.89. The first-order chi connectivity index (χ1) is 12.6. The molecule has 1 aromatic heterocycles. The van der Waals surface area contributed by atoms with Gasteiger partial charge in [0.2, 0.25) is 11.8 Å². The predicted octanol–water partition coefficient (Wildman–Crippen LogP) is 4.96. The second-order valence-corrected chi connectivity index (χ2v) is 5.44. The number of ether oxygens (including phenoxy) is 2. The molecule has 0 spiro atoms. The van der Waals surface area contributed by atoms with Gasteiger partial charge in [0, 0.05) is 24.0 Å². The van der Waals surface area contributed by atoms with E-state index in [1.807, 2.05) is 30.3 Å². The van der Waals surface area contributed by atoms with E-state index in [0.29, 0.717) is 29.0 Å². The highest BCUT2D eigenvalue weighted by Gasteiger charge is 2.08. The third-order valence-electron chi connectivity index (χ3n) is 3.40. The van der Waals surface area contributed by atoms with Crippen molar-refractivity contribution in [2.75, 3.05) is 11.9 Å². The lowest BCUT2D eigenvalue weighted by atomic mass is 10.2. The molecule has 0 fully saturated rings. The van der Waals surface area contributed by atoms with Gasteiger partial charge in [-0.1, -0.05) is 24.3 Å². The molecule has 1 heterocycles. The van der Waals surface area contributed by atoms with Gasteiger partial charge in [-0.05, 0) is 30.7 Å². The Bertz CT molecular complexity index is 860. The summed E-state index contributed by atoms with van der Waals surface area (Å²) in [5.74, 6) is 1.75. The lowest BCUT2D eigenvalue weighted by Crippen LogP contribution is -2.08. The van der Waals surface area contributed by atoms with E-state index >= 15 is 0 Å². The highest BCUT2D eigenvalue weighted by Crippen LogP contribution is 2.25. The smallest absolute Gasteiger partial charge is 0.272 e. The number of benzene rings is 2. The van der Waals surface area contributed by atoms with Crippen LogP contribution in [0.25, 0.3) is 0 Å².